The molecule has 0 atom stereocenters. The number of hydrogen-bond acceptors (Lipinski definition) is 5. The molecule has 5 nitrogen and oxygen atoms in total. The van der Waals surface area contributed by atoms with Crippen LogP contribution in [-0.2, 0) is 0 Å². The van der Waals surface area contributed by atoms with Gasteiger partial charge in [0.1, 0.15) is 17.8 Å². The molecule has 110 valence electrons. The van der Waals surface area contributed by atoms with Gasteiger partial charge in [-0.1, -0.05) is 30.3 Å². The van der Waals surface area contributed by atoms with E-state index in [1.807, 2.05) is 61.5 Å². The van der Waals surface area contributed by atoms with E-state index >= 15 is 0 Å². The number of aromatic nitrogens is 2. The quantitative estimate of drug-likeness (QED) is 0.763. The number of rotatable bonds is 4. The first-order valence-corrected chi connectivity index (χ1v) is 6.89. The van der Waals surface area contributed by atoms with Gasteiger partial charge in [-0.15, -0.1) is 0 Å². The number of nitrogen functional groups attached to an aromatic ring is 1. The SMILES string of the molecule is Cc1cccc(Nc2ncnc(Oc3ccccc3)c2N)c1. The van der Waals surface area contributed by atoms with Crippen LogP contribution in [0.3, 0.4) is 0 Å². The van der Waals surface area contributed by atoms with Gasteiger partial charge in [0.15, 0.2) is 5.82 Å². The molecule has 0 aliphatic carbocycles. The summed E-state index contributed by atoms with van der Waals surface area (Å²) in [5.41, 5.74) is 8.54. The molecule has 1 aromatic heterocycles. The van der Waals surface area contributed by atoms with Crippen molar-refractivity contribution in [3.8, 4) is 11.6 Å². The molecule has 5 heteroatoms. The predicted molar refractivity (Wildman–Crippen MR) is 87.4 cm³/mol. The van der Waals surface area contributed by atoms with Gasteiger partial charge in [0.25, 0.3) is 0 Å². The van der Waals surface area contributed by atoms with E-state index in [9.17, 15) is 0 Å². The minimum Gasteiger partial charge on any atom is -0.437 e. The summed E-state index contributed by atoms with van der Waals surface area (Å²) in [6.45, 7) is 2.03. The molecule has 3 N–H and O–H groups in total. The summed E-state index contributed by atoms with van der Waals surface area (Å²) in [5, 5.41) is 3.18. The van der Waals surface area contributed by atoms with Crippen LogP contribution in [0.4, 0.5) is 17.2 Å². The topological polar surface area (TPSA) is 73.1 Å². The van der Waals surface area contributed by atoms with Crippen LogP contribution in [0, 0.1) is 6.92 Å². The van der Waals surface area contributed by atoms with E-state index in [0.717, 1.165) is 11.3 Å². The number of aryl methyl sites for hydroxylation is 1. The lowest BCUT2D eigenvalue weighted by Gasteiger charge is -2.12. The summed E-state index contributed by atoms with van der Waals surface area (Å²) >= 11 is 0. The average molecular weight is 292 g/mol. The summed E-state index contributed by atoms with van der Waals surface area (Å²) < 4.78 is 5.70. The molecule has 0 radical (unpaired) electrons. The van der Waals surface area contributed by atoms with Crippen molar-refractivity contribution in [3.05, 3.63) is 66.5 Å². The van der Waals surface area contributed by atoms with Gasteiger partial charge in [-0.25, -0.2) is 4.98 Å². The zero-order valence-electron chi connectivity index (χ0n) is 12.2. The second-order valence-corrected chi connectivity index (χ2v) is 4.85. The van der Waals surface area contributed by atoms with Gasteiger partial charge >= 0.3 is 0 Å². The fourth-order valence-electron chi connectivity index (χ4n) is 2.02. The van der Waals surface area contributed by atoms with Crippen molar-refractivity contribution in [2.45, 2.75) is 6.92 Å². The summed E-state index contributed by atoms with van der Waals surface area (Å²) in [6, 6.07) is 17.3. The Labute approximate surface area is 128 Å². The summed E-state index contributed by atoms with van der Waals surface area (Å²) in [6.07, 6.45) is 1.42. The first-order chi connectivity index (χ1) is 10.7. The van der Waals surface area contributed by atoms with Crippen molar-refractivity contribution in [2.75, 3.05) is 11.1 Å². The number of para-hydroxylation sites is 1. The molecule has 0 unspecified atom stereocenters. The number of nitrogens with zero attached hydrogens (tertiary/aromatic N) is 2. The molecule has 0 bridgehead atoms. The van der Waals surface area contributed by atoms with Crippen molar-refractivity contribution < 1.29 is 4.74 Å². The molecule has 0 saturated carbocycles. The van der Waals surface area contributed by atoms with E-state index in [1.165, 1.54) is 6.33 Å². The van der Waals surface area contributed by atoms with Crippen LogP contribution in [0.15, 0.2) is 60.9 Å². The molecular formula is C17H16N4O. The first-order valence-electron chi connectivity index (χ1n) is 6.89. The smallest absolute Gasteiger partial charge is 0.248 e. The van der Waals surface area contributed by atoms with Gasteiger partial charge in [-0.2, -0.15) is 4.98 Å². The second kappa shape index (κ2) is 6.13. The highest BCUT2D eigenvalue weighted by molar-refractivity contribution is 5.72. The fraction of sp³-hybridized carbons (Fsp3) is 0.0588. The zero-order valence-corrected chi connectivity index (χ0v) is 12.2. The molecule has 3 aromatic rings. The molecule has 0 aliphatic rings. The Morgan fingerprint density at radius 2 is 1.82 bits per heavy atom. The standard InChI is InChI=1S/C17H16N4O/c1-12-6-5-7-13(10-12)21-16-15(18)17(20-11-19-16)22-14-8-3-2-4-9-14/h2-11H,18H2,1H3,(H,19,20,21). The normalized spacial score (nSPS) is 10.2. The maximum absolute atomic E-state index is 6.10. The van der Waals surface area contributed by atoms with Gasteiger partial charge in [0.05, 0.1) is 0 Å². The molecule has 0 aliphatic heterocycles. The zero-order chi connectivity index (χ0) is 15.4. The minimum atomic E-state index is 0.330. The van der Waals surface area contributed by atoms with E-state index in [1.54, 1.807) is 0 Å². The molecule has 3 rings (SSSR count). The number of anilines is 3. The number of nitrogens with one attached hydrogen (secondary N) is 1. The van der Waals surface area contributed by atoms with Crippen molar-refractivity contribution in [3.63, 3.8) is 0 Å². The van der Waals surface area contributed by atoms with Crippen LogP contribution in [-0.4, -0.2) is 9.97 Å². The highest BCUT2D eigenvalue weighted by Crippen LogP contribution is 2.30. The Bertz CT molecular complexity index is 775. The van der Waals surface area contributed by atoms with E-state index in [-0.39, 0.29) is 0 Å². The fourth-order valence-corrected chi connectivity index (χ4v) is 2.02. The Morgan fingerprint density at radius 1 is 1.00 bits per heavy atom. The van der Waals surface area contributed by atoms with Crippen LogP contribution in [0.2, 0.25) is 0 Å². The van der Waals surface area contributed by atoms with Crippen molar-refractivity contribution in [1.82, 2.24) is 9.97 Å². The third-order valence-electron chi connectivity index (χ3n) is 3.09. The molecule has 22 heavy (non-hydrogen) atoms. The number of ether oxygens (including phenoxy) is 1. The maximum atomic E-state index is 6.10. The van der Waals surface area contributed by atoms with Crippen LogP contribution >= 0.6 is 0 Å². The largest absolute Gasteiger partial charge is 0.437 e. The lowest BCUT2D eigenvalue weighted by molar-refractivity contribution is 0.464. The lowest BCUT2D eigenvalue weighted by atomic mass is 10.2. The van der Waals surface area contributed by atoms with Gasteiger partial charge in [0.2, 0.25) is 5.88 Å². The van der Waals surface area contributed by atoms with E-state index < -0.39 is 0 Å². The van der Waals surface area contributed by atoms with Gasteiger partial charge < -0.3 is 15.8 Å². The average Bonchev–Trinajstić information content (AvgIpc) is 2.52. The predicted octanol–water partition coefficient (Wildman–Crippen LogP) is 3.90. The highest BCUT2D eigenvalue weighted by atomic mass is 16.5. The third-order valence-corrected chi connectivity index (χ3v) is 3.09. The van der Waals surface area contributed by atoms with Crippen molar-refractivity contribution in [2.24, 2.45) is 0 Å². The molecule has 0 amide bonds. The molecule has 0 saturated heterocycles. The highest BCUT2D eigenvalue weighted by Gasteiger charge is 2.10. The molecule has 2 aromatic carbocycles. The molecule has 1 heterocycles. The minimum absolute atomic E-state index is 0.330. The van der Waals surface area contributed by atoms with E-state index in [2.05, 4.69) is 15.3 Å². The summed E-state index contributed by atoms with van der Waals surface area (Å²) in [7, 11) is 0. The summed E-state index contributed by atoms with van der Waals surface area (Å²) in [4.78, 5) is 8.27. The van der Waals surface area contributed by atoms with Gasteiger partial charge in [0, 0.05) is 5.69 Å². The summed E-state index contributed by atoms with van der Waals surface area (Å²) in [5.74, 6) is 1.53. The Balaban J connectivity index is 1.86. The first kappa shape index (κ1) is 13.9. The molecule has 0 fully saturated rings. The molecular weight excluding hydrogens is 276 g/mol. The van der Waals surface area contributed by atoms with Crippen LogP contribution in [0.25, 0.3) is 0 Å². The van der Waals surface area contributed by atoms with Gasteiger partial charge in [-0.05, 0) is 36.8 Å². The van der Waals surface area contributed by atoms with Gasteiger partial charge in [-0.3, -0.25) is 0 Å². The number of nitrogens with two attached hydrogens (primary N) is 1. The van der Waals surface area contributed by atoms with Crippen LogP contribution < -0.4 is 15.8 Å². The molecule has 0 spiro atoms. The van der Waals surface area contributed by atoms with Crippen LogP contribution in [0.1, 0.15) is 5.56 Å². The number of hydrogen-bond donors (Lipinski definition) is 2. The number of benzene rings is 2. The van der Waals surface area contributed by atoms with Crippen molar-refractivity contribution in [1.29, 1.82) is 0 Å². The van der Waals surface area contributed by atoms with E-state index in [0.29, 0.717) is 23.1 Å². The Morgan fingerprint density at radius 3 is 2.59 bits per heavy atom. The second-order valence-electron chi connectivity index (χ2n) is 4.85. The Kier molecular flexibility index (Phi) is 3.87. The monoisotopic (exact) mass is 292 g/mol. The van der Waals surface area contributed by atoms with Crippen LogP contribution in [0.5, 0.6) is 11.6 Å². The Hall–Kier alpha value is -3.08. The maximum Gasteiger partial charge on any atom is 0.248 e. The third kappa shape index (κ3) is 3.15. The lowest BCUT2D eigenvalue weighted by Crippen LogP contribution is -2.03. The van der Waals surface area contributed by atoms with Crippen molar-refractivity contribution >= 4 is 17.2 Å². The van der Waals surface area contributed by atoms with E-state index in [4.69, 9.17) is 10.5 Å².